The van der Waals surface area contributed by atoms with Crippen LogP contribution >= 0.6 is 34.8 Å². The molecule has 1 amide bonds. The van der Waals surface area contributed by atoms with Crippen molar-refractivity contribution in [2.75, 3.05) is 18.4 Å². The molecule has 1 heterocycles. The number of carbonyl (C=O) groups is 1. The van der Waals surface area contributed by atoms with Gasteiger partial charge in [-0.2, -0.15) is 0 Å². The lowest BCUT2D eigenvalue weighted by atomic mass is 9.96. The first-order valence-corrected chi connectivity index (χ1v) is 9.38. The fourth-order valence-corrected chi connectivity index (χ4v) is 3.57. The van der Waals surface area contributed by atoms with Crippen molar-refractivity contribution in [2.24, 2.45) is 5.92 Å². The Morgan fingerprint density at radius 1 is 1.12 bits per heavy atom. The normalized spacial score (nSPS) is 18.1. The Kier molecular flexibility index (Phi) is 6.24. The summed E-state index contributed by atoms with van der Waals surface area (Å²) in [5.41, 5.74) is 1.76. The number of nitrogens with zero attached hydrogens (tertiary/aromatic N) is 1. The Labute approximate surface area is 162 Å². The molecule has 0 saturated carbocycles. The average molecular weight is 398 g/mol. The van der Waals surface area contributed by atoms with Gasteiger partial charge in [0.1, 0.15) is 0 Å². The van der Waals surface area contributed by atoms with E-state index in [4.69, 9.17) is 34.8 Å². The number of carbonyl (C=O) groups excluding carboxylic acids is 1. The Hall–Kier alpha value is -1.26. The van der Waals surface area contributed by atoms with Crippen LogP contribution in [0.15, 0.2) is 42.5 Å². The number of piperidine rings is 1. The number of anilines is 1. The molecule has 1 atom stereocenters. The van der Waals surface area contributed by atoms with Gasteiger partial charge in [0.05, 0.1) is 21.7 Å². The van der Waals surface area contributed by atoms with Gasteiger partial charge in [0.2, 0.25) is 5.91 Å². The van der Waals surface area contributed by atoms with Gasteiger partial charge in [0.25, 0.3) is 0 Å². The van der Waals surface area contributed by atoms with Gasteiger partial charge in [-0.3, -0.25) is 9.69 Å². The summed E-state index contributed by atoms with van der Waals surface area (Å²) in [6.07, 6.45) is 1.87. The fourth-order valence-electron chi connectivity index (χ4n) is 3.10. The molecule has 0 radical (unpaired) electrons. The van der Waals surface area contributed by atoms with E-state index in [0.29, 0.717) is 15.7 Å². The van der Waals surface area contributed by atoms with Crippen molar-refractivity contribution in [2.45, 2.75) is 19.4 Å². The first-order valence-electron chi connectivity index (χ1n) is 8.24. The molecule has 2 aromatic carbocycles. The van der Waals surface area contributed by atoms with Gasteiger partial charge >= 0.3 is 0 Å². The summed E-state index contributed by atoms with van der Waals surface area (Å²) in [7, 11) is 0. The van der Waals surface area contributed by atoms with Crippen molar-refractivity contribution in [1.82, 2.24) is 4.90 Å². The molecule has 1 N–H and O–H groups in total. The van der Waals surface area contributed by atoms with E-state index in [1.165, 1.54) is 5.56 Å². The van der Waals surface area contributed by atoms with E-state index in [-0.39, 0.29) is 11.8 Å². The lowest BCUT2D eigenvalue weighted by Gasteiger charge is -2.32. The molecule has 3 nitrogen and oxygen atoms in total. The number of nitrogens with one attached hydrogen (secondary N) is 1. The quantitative estimate of drug-likeness (QED) is 0.739. The Morgan fingerprint density at radius 2 is 1.88 bits per heavy atom. The predicted molar refractivity (Wildman–Crippen MR) is 105 cm³/mol. The number of halogens is 3. The third-order valence-corrected chi connectivity index (χ3v) is 5.48. The molecular weight excluding hydrogens is 379 g/mol. The molecule has 0 spiro atoms. The maximum Gasteiger partial charge on any atom is 0.228 e. The SMILES string of the molecule is O=C(Nc1cccc(Cl)c1Cl)[C@H]1CCCN(Cc2ccc(Cl)cc2)C1. The highest BCUT2D eigenvalue weighted by molar-refractivity contribution is 6.44. The second-order valence-electron chi connectivity index (χ2n) is 6.29. The van der Waals surface area contributed by atoms with Crippen molar-refractivity contribution in [3.05, 3.63) is 63.1 Å². The maximum atomic E-state index is 12.6. The van der Waals surface area contributed by atoms with Gasteiger partial charge in [-0.25, -0.2) is 0 Å². The number of rotatable bonds is 4. The number of amides is 1. The van der Waals surface area contributed by atoms with Gasteiger partial charge < -0.3 is 5.32 Å². The molecule has 2 aromatic rings. The number of benzene rings is 2. The molecule has 25 heavy (non-hydrogen) atoms. The Bertz CT molecular complexity index is 749. The summed E-state index contributed by atoms with van der Waals surface area (Å²) >= 11 is 18.1. The third kappa shape index (κ3) is 4.89. The van der Waals surface area contributed by atoms with Crippen molar-refractivity contribution in [1.29, 1.82) is 0 Å². The predicted octanol–water partition coefficient (Wildman–Crippen LogP) is 5.50. The largest absolute Gasteiger partial charge is 0.324 e. The molecule has 6 heteroatoms. The molecule has 0 aromatic heterocycles. The first-order chi connectivity index (χ1) is 12.0. The summed E-state index contributed by atoms with van der Waals surface area (Å²) < 4.78 is 0. The minimum Gasteiger partial charge on any atom is -0.324 e. The zero-order valence-corrected chi connectivity index (χ0v) is 15.9. The first kappa shape index (κ1) is 18.5. The van der Waals surface area contributed by atoms with Crippen molar-refractivity contribution >= 4 is 46.4 Å². The monoisotopic (exact) mass is 396 g/mol. The summed E-state index contributed by atoms with van der Waals surface area (Å²) in [4.78, 5) is 14.9. The lowest BCUT2D eigenvalue weighted by Crippen LogP contribution is -2.40. The van der Waals surface area contributed by atoms with Gasteiger partial charge in [-0.15, -0.1) is 0 Å². The second-order valence-corrected chi connectivity index (χ2v) is 7.51. The smallest absolute Gasteiger partial charge is 0.228 e. The van der Waals surface area contributed by atoms with Gasteiger partial charge in [-0.05, 0) is 49.2 Å². The van der Waals surface area contributed by atoms with Crippen LogP contribution < -0.4 is 5.32 Å². The second kappa shape index (κ2) is 8.41. The highest BCUT2D eigenvalue weighted by Crippen LogP contribution is 2.30. The van der Waals surface area contributed by atoms with E-state index in [2.05, 4.69) is 10.2 Å². The van der Waals surface area contributed by atoms with E-state index in [9.17, 15) is 4.79 Å². The van der Waals surface area contributed by atoms with E-state index in [0.717, 1.165) is 37.5 Å². The molecule has 1 aliphatic rings. The molecule has 132 valence electrons. The van der Waals surface area contributed by atoms with Crippen LogP contribution in [0.5, 0.6) is 0 Å². The minimum atomic E-state index is -0.0592. The highest BCUT2D eigenvalue weighted by atomic mass is 35.5. The summed E-state index contributed by atoms with van der Waals surface area (Å²) in [6.45, 7) is 2.54. The molecule has 0 unspecified atom stereocenters. The lowest BCUT2D eigenvalue weighted by molar-refractivity contribution is -0.121. The summed E-state index contributed by atoms with van der Waals surface area (Å²) in [6, 6.07) is 13.1. The molecule has 0 bridgehead atoms. The average Bonchev–Trinajstić information content (AvgIpc) is 2.61. The van der Waals surface area contributed by atoms with Gasteiger partial charge in [0.15, 0.2) is 0 Å². The van der Waals surface area contributed by atoms with Crippen LogP contribution in [0, 0.1) is 5.92 Å². The van der Waals surface area contributed by atoms with Crippen LogP contribution in [0.25, 0.3) is 0 Å². The Morgan fingerprint density at radius 3 is 2.64 bits per heavy atom. The molecule has 3 rings (SSSR count). The van der Waals surface area contributed by atoms with Crippen LogP contribution in [0.2, 0.25) is 15.1 Å². The van der Waals surface area contributed by atoms with Crippen LogP contribution in [-0.4, -0.2) is 23.9 Å². The molecule has 1 fully saturated rings. The maximum absolute atomic E-state index is 12.6. The van der Waals surface area contributed by atoms with Gasteiger partial charge in [-0.1, -0.05) is 53.0 Å². The van der Waals surface area contributed by atoms with Crippen molar-refractivity contribution in [3.8, 4) is 0 Å². The van der Waals surface area contributed by atoms with Crippen LogP contribution in [0.1, 0.15) is 18.4 Å². The molecule has 1 saturated heterocycles. The zero-order chi connectivity index (χ0) is 17.8. The minimum absolute atomic E-state index is 0.00928. The van der Waals surface area contributed by atoms with Gasteiger partial charge in [0, 0.05) is 18.1 Å². The van der Waals surface area contributed by atoms with Crippen molar-refractivity contribution in [3.63, 3.8) is 0 Å². The number of likely N-dealkylation sites (tertiary alicyclic amines) is 1. The standard InChI is InChI=1S/C19H19Cl3N2O/c20-15-8-6-13(7-9-15)11-24-10-2-3-14(12-24)19(25)23-17-5-1-4-16(21)18(17)22/h1,4-9,14H,2-3,10-12H2,(H,23,25)/t14-/m0/s1. The van der Waals surface area contributed by atoms with E-state index in [1.807, 2.05) is 24.3 Å². The number of hydrogen-bond donors (Lipinski definition) is 1. The molecular formula is C19H19Cl3N2O. The third-order valence-electron chi connectivity index (χ3n) is 4.41. The number of hydrogen-bond acceptors (Lipinski definition) is 2. The summed E-state index contributed by atoms with van der Waals surface area (Å²) in [5, 5.41) is 4.47. The van der Waals surface area contributed by atoms with Crippen LogP contribution in [0.4, 0.5) is 5.69 Å². The van der Waals surface area contributed by atoms with Crippen LogP contribution in [-0.2, 0) is 11.3 Å². The molecule has 1 aliphatic heterocycles. The zero-order valence-electron chi connectivity index (χ0n) is 13.6. The van der Waals surface area contributed by atoms with E-state index < -0.39 is 0 Å². The topological polar surface area (TPSA) is 32.3 Å². The molecule has 0 aliphatic carbocycles. The van der Waals surface area contributed by atoms with Crippen molar-refractivity contribution < 1.29 is 4.79 Å². The highest BCUT2D eigenvalue weighted by Gasteiger charge is 2.26. The summed E-state index contributed by atoms with van der Waals surface area (Å²) in [5.74, 6) is -0.0685. The fraction of sp³-hybridized carbons (Fsp3) is 0.316. The van der Waals surface area contributed by atoms with Crippen LogP contribution in [0.3, 0.4) is 0 Å². The van der Waals surface area contributed by atoms with E-state index >= 15 is 0 Å². The van der Waals surface area contributed by atoms with E-state index in [1.54, 1.807) is 18.2 Å². The Balaban J connectivity index is 1.61.